The standard InChI is InChI=1S/C22H21FN6/c23-15-10-8-14(9-11-15)21-20(18-6-3-7-19(24)29(18)28-21)17-12-13-25-22(27-17)26-16-4-1-2-5-16/h3,6-13,16H,1-2,4-5,24H2,(H,25,26,27). The number of fused-ring (bicyclic) bond motifs is 1. The van der Waals surface area contributed by atoms with E-state index in [1.54, 1.807) is 28.9 Å². The van der Waals surface area contributed by atoms with Gasteiger partial charge in [0.2, 0.25) is 5.95 Å². The van der Waals surface area contributed by atoms with Gasteiger partial charge in [-0.3, -0.25) is 0 Å². The number of pyridine rings is 1. The number of hydrogen-bond donors (Lipinski definition) is 2. The summed E-state index contributed by atoms with van der Waals surface area (Å²) in [5, 5.41) is 8.16. The van der Waals surface area contributed by atoms with Gasteiger partial charge < -0.3 is 11.1 Å². The van der Waals surface area contributed by atoms with Gasteiger partial charge in [-0.1, -0.05) is 18.9 Å². The normalized spacial score (nSPS) is 14.5. The van der Waals surface area contributed by atoms with Crippen molar-refractivity contribution in [2.24, 2.45) is 0 Å². The molecule has 1 aliphatic carbocycles. The molecule has 0 spiro atoms. The van der Waals surface area contributed by atoms with Crippen molar-refractivity contribution in [3.05, 3.63) is 60.5 Å². The number of nitrogens with zero attached hydrogens (tertiary/aromatic N) is 4. The number of aromatic nitrogens is 4. The summed E-state index contributed by atoms with van der Waals surface area (Å²) in [5.74, 6) is 0.849. The van der Waals surface area contributed by atoms with E-state index in [1.807, 2.05) is 18.2 Å². The summed E-state index contributed by atoms with van der Waals surface area (Å²) in [5.41, 5.74) is 10.1. The third-order valence-electron chi connectivity index (χ3n) is 5.40. The van der Waals surface area contributed by atoms with Gasteiger partial charge in [-0.15, -0.1) is 0 Å². The van der Waals surface area contributed by atoms with Crippen LogP contribution < -0.4 is 11.1 Å². The van der Waals surface area contributed by atoms with Crippen LogP contribution in [0.3, 0.4) is 0 Å². The number of nitrogens with one attached hydrogen (secondary N) is 1. The first-order chi connectivity index (χ1) is 14.2. The zero-order valence-electron chi connectivity index (χ0n) is 15.8. The van der Waals surface area contributed by atoms with Crippen molar-refractivity contribution in [2.75, 3.05) is 11.1 Å². The van der Waals surface area contributed by atoms with Gasteiger partial charge in [0.15, 0.2) is 0 Å². The Morgan fingerprint density at radius 1 is 1.03 bits per heavy atom. The molecule has 7 heteroatoms. The first-order valence-corrected chi connectivity index (χ1v) is 9.82. The van der Waals surface area contributed by atoms with Gasteiger partial charge in [0.1, 0.15) is 17.3 Å². The maximum atomic E-state index is 13.5. The van der Waals surface area contributed by atoms with Crippen LogP contribution in [-0.4, -0.2) is 25.6 Å². The molecule has 0 aliphatic heterocycles. The Kier molecular flexibility index (Phi) is 4.35. The van der Waals surface area contributed by atoms with Gasteiger partial charge in [-0.2, -0.15) is 5.10 Å². The smallest absolute Gasteiger partial charge is 0.223 e. The molecule has 6 nitrogen and oxygen atoms in total. The van der Waals surface area contributed by atoms with Crippen molar-refractivity contribution in [2.45, 2.75) is 31.7 Å². The molecule has 0 unspecified atom stereocenters. The van der Waals surface area contributed by atoms with Crippen LogP contribution in [-0.2, 0) is 0 Å². The maximum absolute atomic E-state index is 13.5. The predicted molar refractivity (Wildman–Crippen MR) is 112 cm³/mol. The number of nitrogens with two attached hydrogens (primary N) is 1. The van der Waals surface area contributed by atoms with Crippen LogP contribution in [0.1, 0.15) is 25.7 Å². The molecule has 0 radical (unpaired) electrons. The summed E-state index contributed by atoms with van der Waals surface area (Å²) < 4.78 is 15.2. The van der Waals surface area contributed by atoms with Gasteiger partial charge in [-0.25, -0.2) is 18.9 Å². The lowest BCUT2D eigenvalue weighted by molar-refractivity contribution is 0.628. The van der Waals surface area contributed by atoms with E-state index in [-0.39, 0.29) is 5.82 Å². The molecule has 3 heterocycles. The van der Waals surface area contributed by atoms with E-state index in [0.29, 0.717) is 23.5 Å². The number of benzene rings is 1. The Labute approximate surface area is 167 Å². The second-order valence-electron chi connectivity index (χ2n) is 7.37. The van der Waals surface area contributed by atoms with E-state index in [4.69, 9.17) is 15.8 Å². The first-order valence-electron chi connectivity index (χ1n) is 9.82. The zero-order chi connectivity index (χ0) is 19.8. The van der Waals surface area contributed by atoms with Crippen molar-refractivity contribution < 1.29 is 4.39 Å². The fourth-order valence-corrected chi connectivity index (χ4v) is 3.97. The molecular formula is C22H21FN6. The summed E-state index contributed by atoms with van der Waals surface area (Å²) in [6.45, 7) is 0. The fraction of sp³-hybridized carbons (Fsp3) is 0.227. The average molecular weight is 388 g/mol. The van der Waals surface area contributed by atoms with Gasteiger partial charge in [0.25, 0.3) is 0 Å². The first kappa shape index (κ1) is 17.6. The zero-order valence-corrected chi connectivity index (χ0v) is 15.8. The number of anilines is 2. The number of rotatable bonds is 4. The fourth-order valence-electron chi connectivity index (χ4n) is 3.97. The number of hydrogen-bond acceptors (Lipinski definition) is 5. The van der Waals surface area contributed by atoms with E-state index < -0.39 is 0 Å². The lowest BCUT2D eigenvalue weighted by Crippen LogP contribution is -2.16. The minimum atomic E-state index is -0.288. The Bertz CT molecular complexity index is 1160. The molecule has 1 aliphatic rings. The second kappa shape index (κ2) is 7.16. The third kappa shape index (κ3) is 3.29. The van der Waals surface area contributed by atoms with Crippen LogP contribution >= 0.6 is 0 Å². The minimum Gasteiger partial charge on any atom is -0.384 e. The molecule has 3 aromatic heterocycles. The molecule has 146 valence electrons. The van der Waals surface area contributed by atoms with Crippen molar-refractivity contribution in [1.82, 2.24) is 19.6 Å². The molecular weight excluding hydrogens is 367 g/mol. The quantitative estimate of drug-likeness (QED) is 0.537. The van der Waals surface area contributed by atoms with Crippen LogP contribution in [0.2, 0.25) is 0 Å². The predicted octanol–water partition coefficient (Wildman–Crippen LogP) is 4.53. The highest BCUT2D eigenvalue weighted by Crippen LogP contribution is 2.35. The molecule has 29 heavy (non-hydrogen) atoms. The molecule has 0 bridgehead atoms. The van der Waals surface area contributed by atoms with Crippen LogP contribution in [0.25, 0.3) is 28.0 Å². The molecule has 3 N–H and O–H groups in total. The maximum Gasteiger partial charge on any atom is 0.223 e. The van der Waals surface area contributed by atoms with Gasteiger partial charge in [-0.05, 0) is 55.3 Å². The summed E-state index contributed by atoms with van der Waals surface area (Å²) in [6.07, 6.45) is 6.51. The highest BCUT2D eigenvalue weighted by Gasteiger charge is 2.20. The molecule has 4 aromatic rings. The van der Waals surface area contributed by atoms with E-state index in [9.17, 15) is 4.39 Å². The summed E-state index contributed by atoms with van der Waals surface area (Å²) in [4.78, 5) is 9.17. The molecule has 0 amide bonds. The third-order valence-corrected chi connectivity index (χ3v) is 5.40. The Balaban J connectivity index is 1.66. The van der Waals surface area contributed by atoms with Gasteiger partial charge in [0, 0.05) is 17.8 Å². The van der Waals surface area contributed by atoms with Gasteiger partial charge in [0.05, 0.1) is 16.8 Å². The van der Waals surface area contributed by atoms with E-state index in [0.717, 1.165) is 35.2 Å². The highest BCUT2D eigenvalue weighted by atomic mass is 19.1. The molecule has 0 atom stereocenters. The van der Waals surface area contributed by atoms with Crippen LogP contribution in [0.5, 0.6) is 0 Å². The number of halogens is 1. The van der Waals surface area contributed by atoms with Crippen LogP contribution in [0.15, 0.2) is 54.7 Å². The van der Waals surface area contributed by atoms with Crippen LogP contribution in [0.4, 0.5) is 16.2 Å². The van der Waals surface area contributed by atoms with Crippen molar-refractivity contribution >= 4 is 17.3 Å². The van der Waals surface area contributed by atoms with E-state index in [2.05, 4.69) is 10.3 Å². The minimum absolute atomic E-state index is 0.288. The summed E-state index contributed by atoms with van der Waals surface area (Å²) >= 11 is 0. The monoisotopic (exact) mass is 388 g/mol. The van der Waals surface area contributed by atoms with Crippen LogP contribution in [0, 0.1) is 5.82 Å². The molecule has 0 saturated heterocycles. The summed E-state index contributed by atoms with van der Waals surface area (Å²) in [6, 6.07) is 14.2. The van der Waals surface area contributed by atoms with Crippen molar-refractivity contribution in [1.29, 1.82) is 0 Å². The Hall–Kier alpha value is -3.48. The summed E-state index contributed by atoms with van der Waals surface area (Å²) in [7, 11) is 0. The lowest BCUT2D eigenvalue weighted by Gasteiger charge is -2.12. The Morgan fingerprint density at radius 3 is 2.62 bits per heavy atom. The largest absolute Gasteiger partial charge is 0.384 e. The van der Waals surface area contributed by atoms with Crippen molar-refractivity contribution in [3.63, 3.8) is 0 Å². The van der Waals surface area contributed by atoms with E-state index >= 15 is 0 Å². The van der Waals surface area contributed by atoms with Gasteiger partial charge >= 0.3 is 0 Å². The molecule has 1 saturated carbocycles. The second-order valence-corrected chi connectivity index (χ2v) is 7.37. The van der Waals surface area contributed by atoms with E-state index in [1.165, 1.54) is 25.0 Å². The SMILES string of the molecule is Nc1cccc2c(-c3ccnc(NC4CCCC4)n3)c(-c3ccc(F)cc3)nn12. The molecule has 1 fully saturated rings. The molecule has 1 aromatic carbocycles. The lowest BCUT2D eigenvalue weighted by atomic mass is 10.0. The topological polar surface area (TPSA) is 81.1 Å². The molecule has 5 rings (SSSR count). The average Bonchev–Trinajstić information content (AvgIpc) is 3.37. The number of nitrogen functional groups attached to an aromatic ring is 1. The highest BCUT2D eigenvalue weighted by molar-refractivity contribution is 5.91. The van der Waals surface area contributed by atoms with Crippen molar-refractivity contribution in [3.8, 4) is 22.5 Å². The Morgan fingerprint density at radius 2 is 1.83 bits per heavy atom.